The number of urea groups is 1. The highest BCUT2D eigenvalue weighted by Crippen LogP contribution is 2.28. The number of nitrogens with zero attached hydrogens (tertiary/aromatic N) is 4. The summed E-state index contributed by atoms with van der Waals surface area (Å²) in [6.07, 6.45) is 3.20. The van der Waals surface area contributed by atoms with Gasteiger partial charge in [-0.1, -0.05) is 41.9 Å². The number of halogens is 2. The average Bonchev–Trinajstić information content (AvgIpc) is 3.14. The molecular formula is C30H33ClFN5O5. The van der Waals surface area contributed by atoms with E-state index >= 15 is 0 Å². The van der Waals surface area contributed by atoms with Crippen LogP contribution in [0.3, 0.4) is 0 Å². The number of ether oxygens (including phenoxy) is 1. The molecule has 3 heterocycles. The van der Waals surface area contributed by atoms with Crippen molar-refractivity contribution >= 4 is 29.2 Å². The molecule has 1 saturated heterocycles. The number of fused-ring (bicyclic) bond motifs is 1. The monoisotopic (exact) mass is 597 g/mol. The number of amides is 3. The van der Waals surface area contributed by atoms with Gasteiger partial charge < -0.3 is 19.9 Å². The lowest BCUT2D eigenvalue weighted by Crippen LogP contribution is -2.51. The van der Waals surface area contributed by atoms with Crippen LogP contribution in [-0.4, -0.2) is 70.3 Å². The Kier molecular flexibility index (Phi) is 8.79. The number of para-hydroxylation sites is 1. The van der Waals surface area contributed by atoms with Crippen molar-refractivity contribution in [1.82, 2.24) is 18.9 Å². The predicted molar refractivity (Wildman–Crippen MR) is 157 cm³/mol. The first-order chi connectivity index (χ1) is 20.2. The third-order valence-corrected chi connectivity index (χ3v) is 8.37. The second kappa shape index (κ2) is 12.5. The maximum atomic E-state index is 14.3. The summed E-state index contributed by atoms with van der Waals surface area (Å²) < 4.78 is 21.6. The van der Waals surface area contributed by atoms with Crippen LogP contribution in [0, 0.1) is 5.82 Å². The lowest BCUT2D eigenvalue weighted by molar-refractivity contribution is -0.133. The molecular weight excluding hydrogens is 565 g/mol. The number of anilines is 1. The van der Waals surface area contributed by atoms with Gasteiger partial charge in [0, 0.05) is 50.2 Å². The molecule has 12 heteroatoms. The molecule has 2 aromatic carbocycles. The number of carbonyl (C=O) groups excluding carboxylic acids is 2. The maximum Gasteiger partial charge on any atom is 0.331 e. The van der Waals surface area contributed by atoms with Crippen LogP contribution in [-0.2, 0) is 22.5 Å². The lowest BCUT2D eigenvalue weighted by atomic mass is 10.0. The summed E-state index contributed by atoms with van der Waals surface area (Å²) in [4.78, 5) is 56.7. The number of hydrogen-bond acceptors (Lipinski definition) is 5. The van der Waals surface area contributed by atoms with Crippen LogP contribution in [0.25, 0.3) is 11.1 Å². The van der Waals surface area contributed by atoms with E-state index in [1.54, 1.807) is 11.8 Å². The van der Waals surface area contributed by atoms with Crippen molar-refractivity contribution in [2.75, 3.05) is 38.7 Å². The quantitative estimate of drug-likeness (QED) is 0.446. The largest absolute Gasteiger partial charge is 0.383 e. The number of carbonyl (C=O) groups is 2. The highest BCUT2D eigenvalue weighted by Gasteiger charge is 2.31. The molecule has 0 bridgehead atoms. The summed E-state index contributed by atoms with van der Waals surface area (Å²) in [6, 6.07) is 11.0. The number of piperidine rings is 1. The third kappa shape index (κ3) is 5.84. The van der Waals surface area contributed by atoms with Crippen LogP contribution >= 0.6 is 11.6 Å². The second-order valence-corrected chi connectivity index (χ2v) is 11.1. The first-order valence-corrected chi connectivity index (χ1v) is 14.3. The molecule has 3 amide bonds. The molecule has 0 saturated carbocycles. The van der Waals surface area contributed by atoms with Gasteiger partial charge in [-0.3, -0.25) is 18.7 Å². The Labute approximate surface area is 247 Å². The molecule has 1 aromatic heterocycles. The normalized spacial score (nSPS) is 16.5. The van der Waals surface area contributed by atoms with Crippen LogP contribution in [0.4, 0.5) is 14.9 Å². The molecule has 1 atom stereocenters. The van der Waals surface area contributed by atoms with E-state index in [1.807, 2.05) is 29.2 Å². The van der Waals surface area contributed by atoms with Crippen molar-refractivity contribution in [1.29, 1.82) is 0 Å². The van der Waals surface area contributed by atoms with Gasteiger partial charge in [0.15, 0.2) is 0 Å². The fourth-order valence-corrected chi connectivity index (χ4v) is 5.97. The standard InChI is InChI=1S/C30H33ClFN5O5/c1-19(18-42-2)37-28(39)23(22-7-5-8-24(32)27(22)31)16-35(30(37)41)17-26(38)34-13-11-21(12-14-34)36-15-10-20-6-3-4-9-25(20)33-29(36)40/h3-9,16,19,21H,10-15,17-18H2,1-2H3,(H,33,40)/t19-/m1/s1. The topological polar surface area (TPSA) is 106 Å². The SMILES string of the molecule is COC[C@@H](C)n1c(=O)c(-c2cccc(F)c2Cl)cn(CC(=O)N2CCC(N3CCc4ccccc4NC3=O)CC2)c1=O. The summed E-state index contributed by atoms with van der Waals surface area (Å²) in [7, 11) is 1.45. The Bertz CT molecular complexity index is 1610. The number of methoxy groups -OCH3 is 1. The highest BCUT2D eigenvalue weighted by molar-refractivity contribution is 6.33. The predicted octanol–water partition coefficient (Wildman–Crippen LogP) is 3.76. The van der Waals surface area contributed by atoms with Gasteiger partial charge >= 0.3 is 11.7 Å². The Morgan fingerprint density at radius 3 is 2.55 bits per heavy atom. The number of rotatable bonds is 7. The minimum Gasteiger partial charge on any atom is -0.383 e. The van der Waals surface area contributed by atoms with Crippen molar-refractivity contribution in [2.45, 2.75) is 44.8 Å². The van der Waals surface area contributed by atoms with Gasteiger partial charge in [-0.05, 0) is 43.9 Å². The zero-order valence-corrected chi connectivity index (χ0v) is 24.3. The zero-order chi connectivity index (χ0) is 30.0. The van der Waals surface area contributed by atoms with Crippen LogP contribution in [0.15, 0.2) is 58.3 Å². The molecule has 2 aliphatic rings. The molecule has 0 radical (unpaired) electrons. The van der Waals surface area contributed by atoms with Gasteiger partial charge in [0.25, 0.3) is 5.56 Å². The number of aromatic nitrogens is 2. The van der Waals surface area contributed by atoms with E-state index in [9.17, 15) is 23.6 Å². The summed E-state index contributed by atoms with van der Waals surface area (Å²) in [5.41, 5.74) is 0.709. The van der Waals surface area contributed by atoms with Crippen LogP contribution < -0.4 is 16.6 Å². The Morgan fingerprint density at radius 1 is 1.07 bits per heavy atom. The summed E-state index contributed by atoms with van der Waals surface area (Å²) in [5, 5.41) is 2.75. The van der Waals surface area contributed by atoms with Crippen molar-refractivity contribution in [2.24, 2.45) is 0 Å². The number of hydrogen-bond donors (Lipinski definition) is 1. The van der Waals surface area contributed by atoms with Gasteiger partial charge in [0.2, 0.25) is 5.91 Å². The van der Waals surface area contributed by atoms with Crippen LogP contribution in [0.1, 0.15) is 31.4 Å². The summed E-state index contributed by atoms with van der Waals surface area (Å²) in [5.74, 6) is -1.01. The third-order valence-electron chi connectivity index (χ3n) is 7.98. The van der Waals surface area contributed by atoms with E-state index in [0.717, 1.165) is 26.8 Å². The molecule has 5 rings (SSSR count). The van der Waals surface area contributed by atoms with E-state index in [0.29, 0.717) is 32.5 Å². The smallest absolute Gasteiger partial charge is 0.331 e. The minimum absolute atomic E-state index is 0.00161. The van der Waals surface area contributed by atoms with Gasteiger partial charge in [0.1, 0.15) is 12.4 Å². The molecule has 3 aromatic rings. The average molecular weight is 598 g/mol. The van der Waals surface area contributed by atoms with Crippen molar-refractivity contribution < 1.29 is 18.7 Å². The molecule has 2 aliphatic heterocycles. The van der Waals surface area contributed by atoms with Gasteiger partial charge in [-0.25, -0.2) is 14.0 Å². The fraction of sp³-hybridized carbons (Fsp3) is 0.400. The minimum atomic E-state index is -0.705. The van der Waals surface area contributed by atoms with Crippen LogP contribution in [0.5, 0.6) is 0 Å². The Balaban J connectivity index is 1.34. The van der Waals surface area contributed by atoms with Gasteiger partial charge in [-0.15, -0.1) is 0 Å². The molecule has 222 valence electrons. The Morgan fingerprint density at radius 2 is 1.81 bits per heavy atom. The number of benzene rings is 2. The summed E-state index contributed by atoms with van der Waals surface area (Å²) >= 11 is 6.19. The molecule has 42 heavy (non-hydrogen) atoms. The number of likely N-dealkylation sites (tertiary alicyclic amines) is 1. The molecule has 1 N–H and O–H groups in total. The zero-order valence-electron chi connectivity index (χ0n) is 23.5. The van der Waals surface area contributed by atoms with E-state index in [-0.39, 0.29) is 47.3 Å². The molecule has 0 spiro atoms. The second-order valence-electron chi connectivity index (χ2n) is 10.7. The molecule has 0 unspecified atom stereocenters. The van der Waals surface area contributed by atoms with Gasteiger partial charge in [0.05, 0.1) is 23.2 Å². The maximum absolute atomic E-state index is 14.3. The van der Waals surface area contributed by atoms with Crippen molar-refractivity contribution in [3.8, 4) is 11.1 Å². The van der Waals surface area contributed by atoms with E-state index < -0.39 is 23.1 Å². The van der Waals surface area contributed by atoms with E-state index in [2.05, 4.69) is 5.32 Å². The lowest BCUT2D eigenvalue weighted by Gasteiger charge is -2.38. The number of nitrogens with one attached hydrogen (secondary N) is 1. The fourth-order valence-electron chi connectivity index (χ4n) is 5.75. The van der Waals surface area contributed by atoms with E-state index in [4.69, 9.17) is 16.3 Å². The first kappa shape index (κ1) is 29.5. The Hall–Kier alpha value is -3.96. The summed E-state index contributed by atoms with van der Waals surface area (Å²) in [6.45, 7) is 2.82. The van der Waals surface area contributed by atoms with E-state index in [1.165, 1.54) is 31.5 Å². The van der Waals surface area contributed by atoms with Crippen molar-refractivity contribution in [3.05, 3.63) is 85.9 Å². The molecule has 10 nitrogen and oxygen atoms in total. The van der Waals surface area contributed by atoms with Gasteiger partial charge in [-0.2, -0.15) is 0 Å². The van der Waals surface area contributed by atoms with Crippen LogP contribution in [0.2, 0.25) is 5.02 Å². The molecule has 1 fully saturated rings. The highest BCUT2D eigenvalue weighted by atomic mass is 35.5. The first-order valence-electron chi connectivity index (χ1n) is 13.9. The van der Waals surface area contributed by atoms with Crippen molar-refractivity contribution in [3.63, 3.8) is 0 Å². The molecule has 0 aliphatic carbocycles.